The first kappa shape index (κ1) is 21.5. The third-order valence-corrected chi connectivity index (χ3v) is 4.19. The Hall–Kier alpha value is -4.19. The SMILES string of the molecule is CC(C)NC(=O)c1c[nH]c2ncc(Oc3ccc(/C=C(\C#N)C(=O)N(C)C)cc3)nc12. The second-order valence-electron chi connectivity index (χ2n) is 7.28. The average Bonchev–Trinajstić information content (AvgIpc) is 3.15. The standard InChI is InChI=1S/C22H22N6O3/c1-13(2)26-21(29)17-11-24-20-19(17)27-18(12-25-20)31-16-7-5-14(6-8-16)9-15(10-23)22(30)28(3)4/h5-9,11-13H,1-4H3,(H,24,25)(H,26,29)/b15-9+. The molecule has 3 aromatic rings. The Morgan fingerprint density at radius 1 is 1.26 bits per heavy atom. The Bertz CT molecular complexity index is 1190. The lowest BCUT2D eigenvalue weighted by Crippen LogP contribution is -2.29. The van der Waals surface area contributed by atoms with E-state index >= 15 is 0 Å². The molecule has 3 rings (SSSR count). The maximum atomic E-state index is 12.3. The molecule has 0 atom stereocenters. The van der Waals surface area contributed by atoms with Gasteiger partial charge < -0.3 is 19.9 Å². The zero-order valence-electron chi connectivity index (χ0n) is 17.6. The van der Waals surface area contributed by atoms with Crippen molar-refractivity contribution >= 4 is 29.1 Å². The van der Waals surface area contributed by atoms with Crippen molar-refractivity contribution in [3.05, 3.63) is 53.4 Å². The summed E-state index contributed by atoms with van der Waals surface area (Å²) in [4.78, 5) is 37.2. The molecule has 9 heteroatoms. The van der Waals surface area contributed by atoms with Gasteiger partial charge >= 0.3 is 0 Å². The van der Waals surface area contributed by atoms with Crippen molar-refractivity contribution in [3.63, 3.8) is 0 Å². The van der Waals surface area contributed by atoms with Crippen LogP contribution in [0.2, 0.25) is 0 Å². The predicted molar refractivity (Wildman–Crippen MR) is 115 cm³/mol. The Morgan fingerprint density at radius 3 is 2.58 bits per heavy atom. The maximum Gasteiger partial charge on any atom is 0.264 e. The van der Waals surface area contributed by atoms with Crippen LogP contribution in [0.1, 0.15) is 29.8 Å². The van der Waals surface area contributed by atoms with Gasteiger partial charge in [0.05, 0.1) is 11.8 Å². The molecular weight excluding hydrogens is 396 g/mol. The number of ether oxygens (including phenoxy) is 1. The molecule has 0 bridgehead atoms. The quantitative estimate of drug-likeness (QED) is 0.469. The van der Waals surface area contributed by atoms with Gasteiger partial charge in [-0.3, -0.25) is 9.59 Å². The lowest BCUT2D eigenvalue weighted by Gasteiger charge is -2.09. The smallest absolute Gasteiger partial charge is 0.264 e. The summed E-state index contributed by atoms with van der Waals surface area (Å²) in [5, 5.41) is 12.0. The van der Waals surface area contributed by atoms with E-state index in [2.05, 4.69) is 20.3 Å². The number of H-pyrrole nitrogens is 1. The van der Waals surface area contributed by atoms with E-state index in [0.717, 1.165) is 0 Å². The summed E-state index contributed by atoms with van der Waals surface area (Å²) in [7, 11) is 3.18. The number of fused-ring (bicyclic) bond motifs is 1. The van der Waals surface area contributed by atoms with Crippen molar-refractivity contribution in [1.82, 2.24) is 25.2 Å². The number of likely N-dealkylation sites (N-methyl/N-ethyl adjacent to an activating group) is 1. The molecule has 0 saturated heterocycles. The van der Waals surface area contributed by atoms with Crippen LogP contribution in [0.15, 0.2) is 42.2 Å². The highest BCUT2D eigenvalue weighted by Gasteiger charge is 2.16. The Balaban J connectivity index is 1.81. The van der Waals surface area contributed by atoms with Gasteiger partial charge in [0.25, 0.3) is 11.8 Å². The van der Waals surface area contributed by atoms with Crippen molar-refractivity contribution in [2.75, 3.05) is 14.1 Å². The van der Waals surface area contributed by atoms with E-state index < -0.39 is 0 Å². The van der Waals surface area contributed by atoms with Crippen LogP contribution < -0.4 is 10.1 Å². The third-order valence-electron chi connectivity index (χ3n) is 4.19. The highest BCUT2D eigenvalue weighted by Crippen LogP contribution is 2.23. The molecule has 0 saturated carbocycles. The molecule has 0 aliphatic heterocycles. The molecule has 9 nitrogen and oxygen atoms in total. The Labute approximate surface area is 179 Å². The van der Waals surface area contributed by atoms with Crippen LogP contribution in [-0.2, 0) is 4.79 Å². The van der Waals surface area contributed by atoms with Crippen LogP contribution in [0.25, 0.3) is 17.2 Å². The molecule has 2 amide bonds. The molecule has 158 valence electrons. The molecule has 0 spiro atoms. The third kappa shape index (κ3) is 5.05. The first-order valence-electron chi connectivity index (χ1n) is 9.55. The molecule has 2 N–H and O–H groups in total. The van der Waals surface area contributed by atoms with Gasteiger partial charge in [-0.1, -0.05) is 12.1 Å². The van der Waals surface area contributed by atoms with Gasteiger partial charge in [0.2, 0.25) is 5.88 Å². The molecule has 31 heavy (non-hydrogen) atoms. The van der Waals surface area contributed by atoms with Gasteiger partial charge in [-0.15, -0.1) is 0 Å². The van der Waals surface area contributed by atoms with E-state index in [1.807, 2.05) is 19.9 Å². The van der Waals surface area contributed by atoms with Gasteiger partial charge in [0.1, 0.15) is 22.9 Å². The molecule has 0 aliphatic rings. The molecule has 0 fully saturated rings. The summed E-state index contributed by atoms with van der Waals surface area (Å²) >= 11 is 0. The number of carbonyl (C=O) groups is 2. The molecule has 2 aromatic heterocycles. The molecular formula is C22H22N6O3. The number of carbonyl (C=O) groups excluding carboxylic acids is 2. The fourth-order valence-corrected chi connectivity index (χ4v) is 2.74. The molecule has 0 aliphatic carbocycles. The Kier molecular flexibility index (Phi) is 6.31. The van der Waals surface area contributed by atoms with Crippen molar-refractivity contribution in [2.24, 2.45) is 0 Å². The van der Waals surface area contributed by atoms with Gasteiger partial charge in [-0.2, -0.15) is 5.26 Å². The number of nitriles is 1. The molecule has 1 aromatic carbocycles. The summed E-state index contributed by atoms with van der Waals surface area (Å²) in [6.07, 6.45) is 4.53. The van der Waals surface area contributed by atoms with Crippen molar-refractivity contribution in [3.8, 4) is 17.7 Å². The monoisotopic (exact) mass is 418 g/mol. The van der Waals surface area contributed by atoms with Crippen LogP contribution in [0.3, 0.4) is 0 Å². The lowest BCUT2D eigenvalue weighted by atomic mass is 10.1. The second kappa shape index (κ2) is 9.09. The summed E-state index contributed by atoms with van der Waals surface area (Å²) < 4.78 is 5.76. The largest absolute Gasteiger partial charge is 0.437 e. The number of hydrogen-bond donors (Lipinski definition) is 2. The molecule has 0 radical (unpaired) electrons. The number of nitrogens with one attached hydrogen (secondary N) is 2. The Morgan fingerprint density at radius 2 is 1.97 bits per heavy atom. The van der Waals surface area contributed by atoms with Crippen molar-refractivity contribution in [1.29, 1.82) is 5.26 Å². The van der Waals surface area contributed by atoms with Crippen molar-refractivity contribution < 1.29 is 14.3 Å². The van der Waals surface area contributed by atoms with Crippen molar-refractivity contribution in [2.45, 2.75) is 19.9 Å². The van der Waals surface area contributed by atoms with E-state index in [0.29, 0.717) is 28.0 Å². The number of hydrogen-bond acceptors (Lipinski definition) is 6. The summed E-state index contributed by atoms with van der Waals surface area (Å²) in [5.41, 5.74) is 2.00. The van der Waals surface area contributed by atoms with Crippen LogP contribution in [-0.4, -0.2) is 51.8 Å². The number of aromatic amines is 1. The minimum atomic E-state index is -0.366. The maximum absolute atomic E-state index is 12.3. The highest BCUT2D eigenvalue weighted by molar-refractivity contribution is 6.04. The zero-order chi connectivity index (χ0) is 22.5. The highest BCUT2D eigenvalue weighted by atomic mass is 16.5. The number of amides is 2. The zero-order valence-corrected chi connectivity index (χ0v) is 17.6. The molecule has 2 heterocycles. The predicted octanol–water partition coefficient (Wildman–Crippen LogP) is 2.88. The molecule has 0 unspecified atom stereocenters. The number of benzene rings is 1. The van der Waals surface area contributed by atoms with Gasteiger partial charge in [0, 0.05) is 26.3 Å². The van der Waals surface area contributed by atoms with Crippen LogP contribution in [0, 0.1) is 11.3 Å². The number of rotatable bonds is 6. The first-order valence-corrected chi connectivity index (χ1v) is 9.55. The van der Waals surface area contributed by atoms with Gasteiger partial charge in [-0.05, 0) is 37.6 Å². The van der Waals surface area contributed by atoms with E-state index in [4.69, 9.17) is 4.74 Å². The van der Waals surface area contributed by atoms with E-state index in [9.17, 15) is 14.9 Å². The topological polar surface area (TPSA) is 124 Å². The van der Waals surface area contributed by atoms with Crippen LogP contribution in [0.4, 0.5) is 0 Å². The van der Waals surface area contributed by atoms with E-state index in [-0.39, 0.29) is 29.3 Å². The minimum absolute atomic E-state index is 0.00743. The first-order chi connectivity index (χ1) is 14.8. The summed E-state index contributed by atoms with van der Waals surface area (Å²) in [6.45, 7) is 3.75. The number of aromatic nitrogens is 3. The van der Waals surface area contributed by atoms with Gasteiger partial charge in [0.15, 0.2) is 5.65 Å². The normalized spacial score (nSPS) is 11.3. The fourth-order valence-electron chi connectivity index (χ4n) is 2.74. The summed E-state index contributed by atoms with van der Waals surface area (Å²) in [6, 6.07) is 8.73. The fraction of sp³-hybridized carbons (Fsp3) is 0.227. The van der Waals surface area contributed by atoms with Crippen LogP contribution in [0.5, 0.6) is 11.6 Å². The van der Waals surface area contributed by atoms with E-state index in [1.54, 1.807) is 44.6 Å². The van der Waals surface area contributed by atoms with Crippen LogP contribution >= 0.6 is 0 Å². The van der Waals surface area contributed by atoms with E-state index in [1.165, 1.54) is 17.2 Å². The number of nitrogens with zero attached hydrogens (tertiary/aromatic N) is 4. The minimum Gasteiger partial charge on any atom is -0.437 e. The second-order valence-corrected chi connectivity index (χ2v) is 7.28. The average molecular weight is 418 g/mol. The summed E-state index contributed by atoms with van der Waals surface area (Å²) in [5.74, 6) is 0.112. The lowest BCUT2D eigenvalue weighted by molar-refractivity contribution is -0.124. The van der Waals surface area contributed by atoms with Gasteiger partial charge in [-0.25, -0.2) is 9.97 Å².